The molecule has 1 aromatic carbocycles. The predicted octanol–water partition coefficient (Wildman–Crippen LogP) is 2.89. The van der Waals surface area contributed by atoms with Crippen LogP contribution in [-0.4, -0.2) is 25.8 Å². The molecule has 0 N–H and O–H groups in total. The molecule has 0 fully saturated rings. The minimum atomic E-state index is 0.412. The average molecular weight is 285 g/mol. The molecule has 0 saturated carbocycles. The SMILES string of the molecule is COc1ccc2c(c1)OC[C@@H](Cc1ncccc1OC)C2. The summed E-state index contributed by atoms with van der Waals surface area (Å²) in [5.74, 6) is 3.02. The second kappa shape index (κ2) is 6.04. The van der Waals surface area contributed by atoms with Crippen molar-refractivity contribution in [2.24, 2.45) is 5.92 Å². The lowest BCUT2D eigenvalue weighted by molar-refractivity contribution is 0.218. The highest BCUT2D eigenvalue weighted by atomic mass is 16.5. The van der Waals surface area contributed by atoms with E-state index in [9.17, 15) is 0 Å². The Morgan fingerprint density at radius 3 is 2.95 bits per heavy atom. The third kappa shape index (κ3) is 2.94. The number of nitrogens with zero attached hydrogens (tertiary/aromatic N) is 1. The zero-order valence-corrected chi connectivity index (χ0v) is 12.3. The van der Waals surface area contributed by atoms with Gasteiger partial charge in [0.2, 0.25) is 0 Å². The van der Waals surface area contributed by atoms with Gasteiger partial charge in [0.15, 0.2) is 0 Å². The molecule has 0 radical (unpaired) electrons. The Morgan fingerprint density at radius 1 is 1.24 bits per heavy atom. The highest BCUT2D eigenvalue weighted by molar-refractivity contribution is 5.42. The number of hydrogen-bond donors (Lipinski definition) is 0. The number of rotatable bonds is 4. The maximum atomic E-state index is 5.88. The summed E-state index contributed by atoms with van der Waals surface area (Å²) in [5, 5.41) is 0. The number of aromatic nitrogens is 1. The highest BCUT2D eigenvalue weighted by Crippen LogP contribution is 2.32. The number of methoxy groups -OCH3 is 2. The van der Waals surface area contributed by atoms with E-state index in [1.165, 1.54) is 5.56 Å². The van der Waals surface area contributed by atoms with Gasteiger partial charge in [0.25, 0.3) is 0 Å². The Morgan fingerprint density at radius 2 is 2.14 bits per heavy atom. The summed E-state index contributed by atoms with van der Waals surface area (Å²) in [6.07, 6.45) is 3.65. The third-order valence-corrected chi connectivity index (χ3v) is 3.81. The minimum absolute atomic E-state index is 0.412. The maximum absolute atomic E-state index is 5.88. The van der Waals surface area contributed by atoms with E-state index in [1.807, 2.05) is 24.3 Å². The van der Waals surface area contributed by atoms with Crippen molar-refractivity contribution in [1.82, 2.24) is 4.98 Å². The van der Waals surface area contributed by atoms with Crippen molar-refractivity contribution in [2.75, 3.05) is 20.8 Å². The van der Waals surface area contributed by atoms with Crippen LogP contribution in [0.4, 0.5) is 0 Å². The summed E-state index contributed by atoms with van der Waals surface area (Å²) in [4.78, 5) is 4.43. The fraction of sp³-hybridized carbons (Fsp3) is 0.353. The van der Waals surface area contributed by atoms with Crippen LogP contribution in [-0.2, 0) is 12.8 Å². The molecule has 1 aromatic heterocycles. The van der Waals surface area contributed by atoms with Crippen molar-refractivity contribution in [1.29, 1.82) is 0 Å². The van der Waals surface area contributed by atoms with E-state index in [-0.39, 0.29) is 0 Å². The van der Waals surface area contributed by atoms with E-state index >= 15 is 0 Å². The molecule has 0 unspecified atom stereocenters. The van der Waals surface area contributed by atoms with Gasteiger partial charge in [-0.2, -0.15) is 0 Å². The minimum Gasteiger partial charge on any atom is -0.497 e. The van der Waals surface area contributed by atoms with Crippen LogP contribution in [0.25, 0.3) is 0 Å². The van der Waals surface area contributed by atoms with Crippen LogP contribution in [0.1, 0.15) is 11.3 Å². The first kappa shape index (κ1) is 13.7. The topological polar surface area (TPSA) is 40.6 Å². The van der Waals surface area contributed by atoms with Crippen LogP contribution >= 0.6 is 0 Å². The van der Waals surface area contributed by atoms with Gasteiger partial charge in [-0.05, 0) is 36.6 Å². The second-order valence-electron chi connectivity index (χ2n) is 5.21. The number of benzene rings is 1. The van der Waals surface area contributed by atoms with Crippen LogP contribution in [0.3, 0.4) is 0 Å². The average Bonchev–Trinajstić information content (AvgIpc) is 2.55. The van der Waals surface area contributed by atoms with Crippen molar-refractivity contribution in [2.45, 2.75) is 12.8 Å². The predicted molar refractivity (Wildman–Crippen MR) is 80.2 cm³/mol. The van der Waals surface area contributed by atoms with Gasteiger partial charge in [-0.15, -0.1) is 0 Å². The largest absolute Gasteiger partial charge is 0.497 e. The standard InChI is InChI=1S/C17H19NO3/c1-19-14-6-5-13-8-12(11-21-17(13)10-14)9-15-16(20-2)4-3-7-18-15/h3-7,10,12H,8-9,11H2,1-2H3/t12-/m1/s1. The van der Waals surface area contributed by atoms with E-state index in [2.05, 4.69) is 11.1 Å². The fourth-order valence-electron chi connectivity index (χ4n) is 2.71. The summed E-state index contributed by atoms with van der Waals surface area (Å²) in [6.45, 7) is 0.694. The van der Waals surface area contributed by atoms with Crippen LogP contribution < -0.4 is 14.2 Å². The van der Waals surface area contributed by atoms with Crippen molar-refractivity contribution >= 4 is 0 Å². The summed E-state index contributed by atoms with van der Waals surface area (Å²) >= 11 is 0. The Bertz CT molecular complexity index is 627. The van der Waals surface area contributed by atoms with Gasteiger partial charge in [-0.3, -0.25) is 4.98 Å². The molecule has 0 bridgehead atoms. The Labute approximate surface area is 124 Å². The molecule has 3 rings (SSSR count). The number of ether oxygens (including phenoxy) is 3. The van der Waals surface area contributed by atoms with Crippen molar-refractivity contribution in [3.63, 3.8) is 0 Å². The van der Waals surface area contributed by atoms with Crippen molar-refractivity contribution in [3.05, 3.63) is 47.8 Å². The van der Waals surface area contributed by atoms with Gasteiger partial charge >= 0.3 is 0 Å². The highest BCUT2D eigenvalue weighted by Gasteiger charge is 2.22. The molecule has 21 heavy (non-hydrogen) atoms. The number of pyridine rings is 1. The van der Waals surface area contributed by atoms with Gasteiger partial charge in [0, 0.05) is 18.2 Å². The van der Waals surface area contributed by atoms with Crippen LogP contribution in [0, 0.1) is 5.92 Å². The van der Waals surface area contributed by atoms with E-state index in [1.54, 1.807) is 20.4 Å². The number of fused-ring (bicyclic) bond motifs is 1. The lowest BCUT2D eigenvalue weighted by Gasteiger charge is -2.25. The molecular formula is C17H19NO3. The van der Waals surface area contributed by atoms with E-state index in [0.29, 0.717) is 12.5 Å². The summed E-state index contributed by atoms with van der Waals surface area (Å²) in [5.41, 5.74) is 2.22. The second-order valence-corrected chi connectivity index (χ2v) is 5.21. The van der Waals surface area contributed by atoms with Gasteiger partial charge in [0.05, 0.1) is 26.5 Å². The molecule has 4 nitrogen and oxygen atoms in total. The van der Waals surface area contributed by atoms with Crippen LogP contribution in [0.15, 0.2) is 36.5 Å². The molecule has 0 amide bonds. The molecular weight excluding hydrogens is 266 g/mol. The molecule has 110 valence electrons. The molecule has 4 heteroatoms. The smallest absolute Gasteiger partial charge is 0.140 e. The Kier molecular flexibility index (Phi) is 3.95. The normalized spacial score (nSPS) is 16.8. The molecule has 1 aliphatic heterocycles. The Hall–Kier alpha value is -2.23. The van der Waals surface area contributed by atoms with Crippen LogP contribution in [0.5, 0.6) is 17.2 Å². The maximum Gasteiger partial charge on any atom is 0.140 e. The summed E-state index contributed by atoms with van der Waals surface area (Å²) in [7, 11) is 3.35. The van der Waals surface area contributed by atoms with Crippen molar-refractivity contribution < 1.29 is 14.2 Å². The van der Waals surface area contributed by atoms with E-state index in [4.69, 9.17) is 14.2 Å². The van der Waals surface area contributed by atoms with E-state index in [0.717, 1.165) is 35.8 Å². The first-order valence-corrected chi connectivity index (χ1v) is 7.07. The lowest BCUT2D eigenvalue weighted by Crippen LogP contribution is -2.23. The summed E-state index contributed by atoms with van der Waals surface area (Å²) in [6, 6.07) is 9.85. The summed E-state index contributed by atoms with van der Waals surface area (Å²) < 4.78 is 16.5. The molecule has 0 saturated heterocycles. The third-order valence-electron chi connectivity index (χ3n) is 3.81. The first-order valence-electron chi connectivity index (χ1n) is 7.07. The van der Waals surface area contributed by atoms with Gasteiger partial charge in [-0.1, -0.05) is 6.07 Å². The van der Waals surface area contributed by atoms with Crippen LogP contribution in [0.2, 0.25) is 0 Å². The lowest BCUT2D eigenvalue weighted by atomic mass is 9.92. The zero-order chi connectivity index (χ0) is 14.7. The molecule has 1 aliphatic rings. The fourth-order valence-corrected chi connectivity index (χ4v) is 2.71. The molecule has 2 aromatic rings. The Balaban J connectivity index is 1.74. The molecule has 2 heterocycles. The quantitative estimate of drug-likeness (QED) is 0.866. The zero-order valence-electron chi connectivity index (χ0n) is 12.3. The van der Waals surface area contributed by atoms with Gasteiger partial charge in [-0.25, -0.2) is 0 Å². The number of hydrogen-bond acceptors (Lipinski definition) is 4. The molecule has 0 aliphatic carbocycles. The van der Waals surface area contributed by atoms with Gasteiger partial charge < -0.3 is 14.2 Å². The first-order chi connectivity index (χ1) is 10.3. The van der Waals surface area contributed by atoms with Gasteiger partial charge in [0.1, 0.15) is 17.2 Å². The monoisotopic (exact) mass is 285 g/mol. The van der Waals surface area contributed by atoms with E-state index < -0.39 is 0 Å². The molecule has 0 spiro atoms. The molecule has 1 atom stereocenters. The van der Waals surface area contributed by atoms with Crippen molar-refractivity contribution in [3.8, 4) is 17.2 Å².